The van der Waals surface area contributed by atoms with E-state index in [4.69, 9.17) is 40.2 Å². The molecule has 0 bridgehead atoms. The number of carbonyl (C=O) groups excluding carboxylic acids is 2. The van der Waals surface area contributed by atoms with Gasteiger partial charge in [0.25, 0.3) is 5.91 Å². The highest BCUT2D eigenvalue weighted by Crippen LogP contribution is 2.46. The Kier molecular flexibility index (Phi) is 7.15. The monoisotopic (exact) mass is 456 g/mol. The van der Waals surface area contributed by atoms with E-state index in [0.717, 1.165) is 31.3 Å². The van der Waals surface area contributed by atoms with Crippen molar-refractivity contribution >= 4 is 69.2 Å². The number of hydrogen-bond acceptors (Lipinski definition) is 5. The van der Waals surface area contributed by atoms with E-state index in [1.54, 1.807) is 6.92 Å². The predicted molar refractivity (Wildman–Crippen MR) is 117 cm³/mol. The maximum absolute atomic E-state index is 12.5. The Hall–Kier alpha value is -1.41. The summed E-state index contributed by atoms with van der Waals surface area (Å²) < 4.78 is 5.24. The smallest absolute Gasteiger partial charge is 0.319 e. The molecule has 1 aromatic carbocycles. The first-order valence-corrected chi connectivity index (χ1v) is 10.8. The van der Waals surface area contributed by atoms with Crippen molar-refractivity contribution in [3.05, 3.63) is 44.3 Å². The second-order valence-electron chi connectivity index (χ2n) is 6.31. The normalized spacial score (nSPS) is 20.1. The Bertz CT molecular complexity index is 879. The number of rotatable bonds is 3. The van der Waals surface area contributed by atoms with E-state index in [2.05, 4.69) is 10.3 Å². The first-order valence-electron chi connectivity index (χ1n) is 8.85. The van der Waals surface area contributed by atoms with Crippen molar-refractivity contribution in [2.45, 2.75) is 32.6 Å². The SMILES string of the molecule is CCOC(=O)C1C2=C(CCCC2)S/C1=N\C(=S)NC(=O)c1cc(Cl)cc(Cl)c1. The van der Waals surface area contributed by atoms with Gasteiger partial charge in [-0.05, 0) is 73.5 Å². The number of carbonyl (C=O) groups is 2. The summed E-state index contributed by atoms with van der Waals surface area (Å²) in [5, 5.41) is 3.79. The third-order valence-corrected chi connectivity index (χ3v) is 6.24. The molecule has 0 radical (unpaired) electrons. The van der Waals surface area contributed by atoms with Crippen molar-refractivity contribution in [2.24, 2.45) is 10.9 Å². The summed E-state index contributed by atoms with van der Waals surface area (Å²) >= 11 is 18.6. The van der Waals surface area contributed by atoms with E-state index in [0.29, 0.717) is 21.7 Å². The van der Waals surface area contributed by atoms with Gasteiger partial charge in [0.05, 0.1) is 11.7 Å². The minimum absolute atomic E-state index is 0.0160. The number of thioether (sulfide) groups is 1. The number of allylic oxidation sites excluding steroid dienone is 1. The summed E-state index contributed by atoms with van der Waals surface area (Å²) in [5.41, 5.74) is 1.35. The minimum atomic E-state index is -0.532. The predicted octanol–water partition coefficient (Wildman–Crippen LogP) is 5.16. The van der Waals surface area contributed by atoms with Crippen molar-refractivity contribution in [1.82, 2.24) is 5.32 Å². The fourth-order valence-corrected chi connectivity index (χ4v) is 5.31. The maximum atomic E-state index is 12.5. The van der Waals surface area contributed by atoms with Crippen LogP contribution in [0.1, 0.15) is 43.0 Å². The Morgan fingerprint density at radius 2 is 1.93 bits per heavy atom. The maximum Gasteiger partial charge on any atom is 0.319 e. The van der Waals surface area contributed by atoms with Crippen LogP contribution in [-0.2, 0) is 9.53 Å². The molecule has 1 amide bonds. The molecule has 0 fully saturated rings. The molecule has 2 aliphatic rings. The number of amides is 1. The Balaban J connectivity index is 1.78. The summed E-state index contributed by atoms with van der Waals surface area (Å²) in [6, 6.07) is 4.52. The van der Waals surface area contributed by atoms with Gasteiger partial charge in [0, 0.05) is 15.6 Å². The summed E-state index contributed by atoms with van der Waals surface area (Å²) in [4.78, 5) is 30.4. The van der Waals surface area contributed by atoms with Gasteiger partial charge in [-0.1, -0.05) is 35.0 Å². The number of aliphatic imine (C=N–C) groups is 1. The van der Waals surface area contributed by atoms with Gasteiger partial charge in [0.15, 0.2) is 5.11 Å². The zero-order valence-electron chi connectivity index (χ0n) is 15.1. The van der Waals surface area contributed by atoms with E-state index in [1.807, 2.05) is 0 Å². The average molecular weight is 457 g/mol. The summed E-state index contributed by atoms with van der Waals surface area (Å²) in [6.45, 7) is 2.07. The lowest BCUT2D eigenvalue weighted by Crippen LogP contribution is -2.30. The second kappa shape index (κ2) is 9.39. The van der Waals surface area contributed by atoms with Crippen LogP contribution in [-0.4, -0.2) is 28.6 Å². The molecule has 5 nitrogen and oxygen atoms in total. The van der Waals surface area contributed by atoms with Gasteiger partial charge < -0.3 is 4.74 Å². The van der Waals surface area contributed by atoms with Gasteiger partial charge >= 0.3 is 5.97 Å². The molecule has 0 spiro atoms. The van der Waals surface area contributed by atoms with Crippen molar-refractivity contribution in [3.63, 3.8) is 0 Å². The third kappa shape index (κ3) is 4.95. The Morgan fingerprint density at radius 3 is 2.61 bits per heavy atom. The number of halogens is 2. The largest absolute Gasteiger partial charge is 0.465 e. The fourth-order valence-electron chi connectivity index (χ4n) is 3.20. The van der Waals surface area contributed by atoms with E-state index in [1.165, 1.54) is 34.9 Å². The van der Waals surface area contributed by atoms with Gasteiger partial charge in [-0.15, -0.1) is 0 Å². The first-order chi connectivity index (χ1) is 13.4. The number of ether oxygens (including phenoxy) is 1. The molecule has 1 aliphatic carbocycles. The molecular weight excluding hydrogens is 439 g/mol. The van der Waals surface area contributed by atoms with E-state index >= 15 is 0 Å². The van der Waals surface area contributed by atoms with Crippen LogP contribution in [0.25, 0.3) is 0 Å². The van der Waals surface area contributed by atoms with Crippen molar-refractivity contribution < 1.29 is 14.3 Å². The van der Waals surface area contributed by atoms with Crippen LogP contribution in [0.5, 0.6) is 0 Å². The molecular formula is C19H18Cl2N2O3S2. The third-order valence-electron chi connectivity index (χ3n) is 4.36. The van der Waals surface area contributed by atoms with Crippen LogP contribution in [0, 0.1) is 5.92 Å². The highest BCUT2D eigenvalue weighted by Gasteiger charge is 2.39. The number of nitrogens with one attached hydrogen (secondary N) is 1. The Labute approximate surface area is 182 Å². The summed E-state index contributed by atoms with van der Waals surface area (Å²) in [5.74, 6) is -1.32. The molecule has 1 heterocycles. The van der Waals surface area contributed by atoms with Gasteiger partial charge in [-0.25, -0.2) is 4.99 Å². The molecule has 1 unspecified atom stereocenters. The van der Waals surface area contributed by atoms with Crippen LogP contribution in [0.15, 0.2) is 33.7 Å². The average Bonchev–Trinajstić information content (AvgIpc) is 2.98. The first kappa shape index (κ1) is 21.3. The highest BCUT2D eigenvalue weighted by molar-refractivity contribution is 8.17. The standard InChI is InChI=1S/C19H18Cl2N2O3S2/c1-2-26-18(25)15-13-5-3-4-6-14(13)28-17(15)23-19(27)22-16(24)10-7-11(20)9-12(21)8-10/h7-9,15H,2-6H2,1H3,(H,22,24,27)/b23-17-. The zero-order valence-corrected chi connectivity index (χ0v) is 18.2. The Morgan fingerprint density at radius 1 is 1.25 bits per heavy atom. The molecule has 1 aromatic rings. The summed E-state index contributed by atoms with van der Waals surface area (Å²) in [7, 11) is 0. The number of nitrogens with zero attached hydrogens (tertiary/aromatic N) is 1. The molecule has 0 aromatic heterocycles. The van der Waals surface area contributed by atoms with E-state index in [9.17, 15) is 9.59 Å². The molecule has 9 heteroatoms. The van der Waals surface area contributed by atoms with Gasteiger partial charge in [0.2, 0.25) is 0 Å². The number of esters is 1. The lowest BCUT2D eigenvalue weighted by Gasteiger charge is -2.17. The lowest BCUT2D eigenvalue weighted by molar-refractivity contribution is -0.144. The van der Waals surface area contributed by atoms with E-state index in [-0.39, 0.29) is 16.6 Å². The van der Waals surface area contributed by atoms with Gasteiger partial charge in [-0.2, -0.15) is 0 Å². The van der Waals surface area contributed by atoms with Crippen LogP contribution in [0.3, 0.4) is 0 Å². The lowest BCUT2D eigenvalue weighted by atomic mass is 9.90. The number of benzene rings is 1. The van der Waals surface area contributed by atoms with Crippen molar-refractivity contribution in [2.75, 3.05) is 6.61 Å². The zero-order chi connectivity index (χ0) is 20.3. The van der Waals surface area contributed by atoms with Gasteiger partial charge in [-0.3, -0.25) is 14.9 Å². The van der Waals surface area contributed by atoms with Crippen LogP contribution >= 0.6 is 47.2 Å². The fraction of sp³-hybridized carbons (Fsp3) is 0.368. The molecule has 1 N–H and O–H groups in total. The quantitative estimate of drug-likeness (QED) is 0.502. The van der Waals surface area contributed by atoms with Crippen LogP contribution < -0.4 is 5.32 Å². The molecule has 28 heavy (non-hydrogen) atoms. The molecule has 3 rings (SSSR count). The second-order valence-corrected chi connectivity index (χ2v) is 8.68. The van der Waals surface area contributed by atoms with Crippen molar-refractivity contribution in [1.29, 1.82) is 0 Å². The molecule has 0 saturated heterocycles. The molecule has 148 valence electrons. The highest BCUT2D eigenvalue weighted by atomic mass is 35.5. The molecule has 1 aliphatic heterocycles. The van der Waals surface area contributed by atoms with Crippen LogP contribution in [0.4, 0.5) is 0 Å². The molecule has 0 saturated carbocycles. The summed E-state index contributed by atoms with van der Waals surface area (Å²) in [6.07, 6.45) is 3.91. The minimum Gasteiger partial charge on any atom is -0.465 e. The van der Waals surface area contributed by atoms with E-state index < -0.39 is 11.8 Å². The van der Waals surface area contributed by atoms with Crippen LogP contribution in [0.2, 0.25) is 10.0 Å². The van der Waals surface area contributed by atoms with Gasteiger partial charge in [0.1, 0.15) is 5.92 Å². The number of thiocarbonyl (C=S) groups is 1. The molecule has 1 atom stereocenters. The topological polar surface area (TPSA) is 67.8 Å². The van der Waals surface area contributed by atoms with Crippen molar-refractivity contribution in [3.8, 4) is 0 Å². The number of hydrogen-bond donors (Lipinski definition) is 1.